The third-order valence-corrected chi connectivity index (χ3v) is 4.79. The van der Waals surface area contributed by atoms with E-state index < -0.39 is 5.79 Å². The summed E-state index contributed by atoms with van der Waals surface area (Å²) in [7, 11) is 0. The lowest BCUT2D eigenvalue weighted by Gasteiger charge is -2.43. The van der Waals surface area contributed by atoms with Gasteiger partial charge < -0.3 is 14.0 Å². The number of rotatable bonds is 7. The SMILES string of the molecule is CCCc1ccc(CCC2(Cn3ccnc3)OCC(C)(C)CO2)cc1. The fourth-order valence-electron chi connectivity index (χ4n) is 3.21. The summed E-state index contributed by atoms with van der Waals surface area (Å²) in [6.07, 6.45) is 9.71. The van der Waals surface area contributed by atoms with Crippen molar-refractivity contribution in [1.82, 2.24) is 9.55 Å². The molecule has 1 fully saturated rings. The van der Waals surface area contributed by atoms with Gasteiger partial charge in [0.2, 0.25) is 0 Å². The number of imidazole rings is 1. The van der Waals surface area contributed by atoms with E-state index >= 15 is 0 Å². The van der Waals surface area contributed by atoms with Gasteiger partial charge in [0.1, 0.15) is 0 Å². The third-order valence-electron chi connectivity index (χ3n) is 4.79. The summed E-state index contributed by atoms with van der Waals surface area (Å²) < 4.78 is 14.6. The van der Waals surface area contributed by atoms with Gasteiger partial charge in [0, 0.05) is 24.2 Å². The van der Waals surface area contributed by atoms with Crippen molar-refractivity contribution < 1.29 is 9.47 Å². The van der Waals surface area contributed by atoms with Crippen LogP contribution in [0.5, 0.6) is 0 Å². The molecule has 1 aromatic heterocycles. The highest BCUT2D eigenvalue weighted by atomic mass is 16.7. The number of hydrogen-bond acceptors (Lipinski definition) is 3. The van der Waals surface area contributed by atoms with Gasteiger partial charge in [0.05, 0.1) is 26.1 Å². The van der Waals surface area contributed by atoms with E-state index in [1.165, 1.54) is 17.5 Å². The maximum Gasteiger partial charge on any atom is 0.186 e. The Labute approximate surface area is 151 Å². The number of aryl methyl sites for hydroxylation is 2. The summed E-state index contributed by atoms with van der Waals surface area (Å²) in [4.78, 5) is 4.14. The molecular formula is C21H30N2O2. The van der Waals surface area contributed by atoms with Crippen molar-refractivity contribution in [3.8, 4) is 0 Å². The number of nitrogens with zero attached hydrogens (tertiary/aromatic N) is 2. The van der Waals surface area contributed by atoms with Crippen molar-refractivity contribution >= 4 is 0 Å². The van der Waals surface area contributed by atoms with Gasteiger partial charge in [-0.2, -0.15) is 0 Å². The highest BCUT2D eigenvalue weighted by molar-refractivity contribution is 5.22. The summed E-state index contributed by atoms with van der Waals surface area (Å²) in [6.45, 7) is 8.69. The predicted octanol–water partition coefficient (Wildman–Crippen LogP) is 4.24. The first kappa shape index (κ1) is 18.2. The summed E-state index contributed by atoms with van der Waals surface area (Å²) in [5.74, 6) is -0.571. The van der Waals surface area contributed by atoms with Crippen LogP contribution in [0, 0.1) is 5.41 Å². The van der Waals surface area contributed by atoms with E-state index in [1.807, 2.05) is 17.1 Å². The van der Waals surface area contributed by atoms with E-state index in [1.54, 1.807) is 6.20 Å². The summed E-state index contributed by atoms with van der Waals surface area (Å²) in [6, 6.07) is 8.96. The molecule has 2 heterocycles. The first-order valence-corrected chi connectivity index (χ1v) is 9.32. The molecule has 4 heteroatoms. The molecule has 2 aromatic rings. The van der Waals surface area contributed by atoms with Crippen LogP contribution in [0.2, 0.25) is 0 Å². The van der Waals surface area contributed by atoms with Crippen LogP contribution >= 0.6 is 0 Å². The fraction of sp³-hybridized carbons (Fsp3) is 0.571. The second-order valence-corrected chi connectivity index (χ2v) is 7.95. The van der Waals surface area contributed by atoms with Gasteiger partial charge in [-0.05, 0) is 24.0 Å². The molecule has 0 unspecified atom stereocenters. The Morgan fingerprint density at radius 2 is 1.68 bits per heavy atom. The fourth-order valence-corrected chi connectivity index (χ4v) is 3.21. The maximum atomic E-state index is 6.27. The third kappa shape index (κ3) is 4.93. The molecule has 0 bridgehead atoms. The molecule has 1 aliphatic heterocycles. The van der Waals surface area contributed by atoms with Gasteiger partial charge in [-0.25, -0.2) is 4.98 Å². The largest absolute Gasteiger partial charge is 0.348 e. The molecule has 0 spiro atoms. The van der Waals surface area contributed by atoms with Gasteiger partial charge in [0.25, 0.3) is 0 Å². The lowest BCUT2D eigenvalue weighted by Crippen LogP contribution is -2.50. The zero-order chi connectivity index (χ0) is 17.8. The first-order valence-electron chi connectivity index (χ1n) is 9.32. The summed E-state index contributed by atoms with van der Waals surface area (Å²) in [5, 5.41) is 0. The van der Waals surface area contributed by atoms with Crippen molar-refractivity contribution in [3.63, 3.8) is 0 Å². The van der Waals surface area contributed by atoms with Crippen molar-refractivity contribution in [2.45, 2.75) is 58.8 Å². The molecular weight excluding hydrogens is 312 g/mol. The minimum absolute atomic E-state index is 0.0697. The van der Waals surface area contributed by atoms with Gasteiger partial charge in [-0.1, -0.05) is 51.5 Å². The minimum Gasteiger partial charge on any atom is -0.348 e. The Morgan fingerprint density at radius 1 is 1.04 bits per heavy atom. The van der Waals surface area contributed by atoms with E-state index in [0.717, 1.165) is 32.5 Å². The van der Waals surface area contributed by atoms with Crippen LogP contribution in [-0.4, -0.2) is 28.6 Å². The Bertz CT molecular complexity index is 637. The van der Waals surface area contributed by atoms with E-state index in [2.05, 4.69) is 50.0 Å². The zero-order valence-corrected chi connectivity index (χ0v) is 15.7. The van der Waals surface area contributed by atoms with E-state index in [-0.39, 0.29) is 5.41 Å². The standard InChI is InChI=1S/C21H30N2O2/c1-4-5-18-6-8-19(9-7-18)10-11-21(14-23-13-12-22-17-23)24-15-20(2,3)16-25-21/h6-9,12-13,17H,4-5,10-11,14-16H2,1-3H3. The van der Waals surface area contributed by atoms with Crippen LogP contribution in [0.25, 0.3) is 0 Å². The molecule has 0 atom stereocenters. The Hall–Kier alpha value is -1.65. The first-order chi connectivity index (χ1) is 12.0. The van der Waals surface area contributed by atoms with Crippen molar-refractivity contribution in [1.29, 1.82) is 0 Å². The molecule has 0 N–H and O–H groups in total. The molecule has 3 rings (SSSR count). The van der Waals surface area contributed by atoms with Crippen LogP contribution in [0.3, 0.4) is 0 Å². The van der Waals surface area contributed by atoms with Crippen molar-refractivity contribution in [2.24, 2.45) is 5.41 Å². The average molecular weight is 342 g/mol. The zero-order valence-electron chi connectivity index (χ0n) is 15.7. The van der Waals surface area contributed by atoms with Crippen LogP contribution in [-0.2, 0) is 28.9 Å². The second-order valence-electron chi connectivity index (χ2n) is 7.95. The highest BCUT2D eigenvalue weighted by Crippen LogP contribution is 2.33. The summed E-state index contributed by atoms with van der Waals surface area (Å²) in [5.41, 5.74) is 2.81. The molecule has 0 amide bonds. The minimum atomic E-state index is -0.571. The van der Waals surface area contributed by atoms with E-state index in [0.29, 0.717) is 6.54 Å². The van der Waals surface area contributed by atoms with Crippen molar-refractivity contribution in [3.05, 3.63) is 54.1 Å². The van der Waals surface area contributed by atoms with Crippen LogP contribution in [0.15, 0.2) is 43.0 Å². The number of aromatic nitrogens is 2. The molecule has 1 saturated heterocycles. The molecule has 4 nitrogen and oxygen atoms in total. The molecule has 1 aliphatic rings. The lowest BCUT2D eigenvalue weighted by atomic mass is 9.93. The molecule has 0 saturated carbocycles. The maximum absolute atomic E-state index is 6.27. The molecule has 0 radical (unpaired) electrons. The summed E-state index contributed by atoms with van der Waals surface area (Å²) >= 11 is 0. The molecule has 0 aliphatic carbocycles. The van der Waals surface area contributed by atoms with Gasteiger partial charge in [0.15, 0.2) is 5.79 Å². The molecule has 25 heavy (non-hydrogen) atoms. The van der Waals surface area contributed by atoms with Gasteiger partial charge in [-0.15, -0.1) is 0 Å². The van der Waals surface area contributed by atoms with E-state index in [4.69, 9.17) is 9.47 Å². The van der Waals surface area contributed by atoms with Gasteiger partial charge in [-0.3, -0.25) is 0 Å². The monoisotopic (exact) mass is 342 g/mol. The normalized spacial score (nSPS) is 19.0. The smallest absolute Gasteiger partial charge is 0.186 e. The van der Waals surface area contributed by atoms with Crippen molar-refractivity contribution in [2.75, 3.05) is 13.2 Å². The Balaban J connectivity index is 1.67. The second kappa shape index (κ2) is 7.71. The predicted molar refractivity (Wildman–Crippen MR) is 99.4 cm³/mol. The Morgan fingerprint density at radius 3 is 2.24 bits per heavy atom. The number of ether oxygens (including phenoxy) is 2. The topological polar surface area (TPSA) is 36.3 Å². The molecule has 1 aromatic carbocycles. The van der Waals surface area contributed by atoms with Crippen LogP contribution in [0.1, 0.15) is 44.7 Å². The lowest BCUT2D eigenvalue weighted by molar-refractivity contribution is -0.307. The quantitative estimate of drug-likeness (QED) is 0.755. The number of hydrogen-bond donors (Lipinski definition) is 0. The van der Waals surface area contributed by atoms with Crippen LogP contribution < -0.4 is 0 Å². The van der Waals surface area contributed by atoms with E-state index in [9.17, 15) is 0 Å². The molecule has 136 valence electrons. The highest BCUT2D eigenvalue weighted by Gasteiger charge is 2.40. The van der Waals surface area contributed by atoms with Crippen LogP contribution in [0.4, 0.5) is 0 Å². The average Bonchev–Trinajstić information content (AvgIpc) is 3.10. The number of benzene rings is 1. The Kier molecular flexibility index (Phi) is 5.60. The van der Waals surface area contributed by atoms with Gasteiger partial charge >= 0.3 is 0 Å².